The van der Waals surface area contributed by atoms with Crippen LogP contribution in [0.25, 0.3) is 0 Å². The Morgan fingerprint density at radius 2 is 1.89 bits per heavy atom. The van der Waals surface area contributed by atoms with E-state index in [0.29, 0.717) is 5.28 Å². The van der Waals surface area contributed by atoms with E-state index in [4.69, 9.17) is 11.6 Å². The van der Waals surface area contributed by atoms with Crippen molar-refractivity contribution in [3.05, 3.63) is 16.5 Å². The fraction of sp³-hybridized carbons (Fsp3) is 0.714. The molecule has 0 aliphatic carbocycles. The molecule has 0 radical (unpaired) electrons. The largest absolute Gasteiger partial charge is 0.356 e. The second kappa shape index (κ2) is 6.53. The number of hydrogen-bond donors (Lipinski definition) is 0. The van der Waals surface area contributed by atoms with Crippen molar-refractivity contribution in [1.82, 2.24) is 14.9 Å². The average Bonchev–Trinajstić information content (AvgIpc) is 2.37. The van der Waals surface area contributed by atoms with Gasteiger partial charge in [-0.2, -0.15) is 0 Å². The molecule has 0 atom stereocenters. The maximum Gasteiger partial charge on any atom is 0.224 e. The molecule has 0 aromatic carbocycles. The second-order valence-corrected chi connectivity index (χ2v) is 5.55. The fourth-order valence-electron chi connectivity index (χ4n) is 2.64. The van der Waals surface area contributed by atoms with E-state index in [2.05, 4.69) is 40.7 Å². The molecule has 0 fully saturated rings. The van der Waals surface area contributed by atoms with Crippen LogP contribution in [0.5, 0.6) is 0 Å². The lowest BCUT2D eigenvalue weighted by molar-refractivity contribution is 0.307. The first kappa shape index (κ1) is 14.5. The Morgan fingerprint density at radius 3 is 2.53 bits per heavy atom. The van der Waals surface area contributed by atoms with E-state index in [9.17, 15) is 0 Å². The van der Waals surface area contributed by atoms with Crippen LogP contribution in [0.1, 0.15) is 37.9 Å². The number of halogens is 1. The molecule has 0 amide bonds. The third-order valence-corrected chi connectivity index (χ3v) is 3.66. The summed E-state index contributed by atoms with van der Waals surface area (Å²) in [5, 5.41) is 0.376. The van der Waals surface area contributed by atoms with E-state index >= 15 is 0 Å². The Bertz CT molecular complexity index is 430. The molecule has 0 saturated heterocycles. The van der Waals surface area contributed by atoms with Gasteiger partial charge in [-0.15, -0.1) is 0 Å². The Hall–Kier alpha value is -0.870. The normalized spacial score (nSPS) is 15.4. The molecule has 0 saturated carbocycles. The molecule has 0 unspecified atom stereocenters. The molecule has 106 valence electrons. The minimum Gasteiger partial charge on any atom is -0.356 e. The van der Waals surface area contributed by atoms with Gasteiger partial charge in [-0.05, 0) is 37.9 Å². The van der Waals surface area contributed by atoms with Crippen LogP contribution in [-0.4, -0.2) is 41.5 Å². The summed E-state index contributed by atoms with van der Waals surface area (Å²) in [7, 11) is 2.12. The summed E-state index contributed by atoms with van der Waals surface area (Å²) < 4.78 is 0. The zero-order chi connectivity index (χ0) is 13.8. The number of likely N-dealkylation sites (N-methyl/N-ethyl adjacent to an activating group) is 1. The molecule has 0 spiro atoms. The first-order chi connectivity index (χ1) is 9.15. The minimum atomic E-state index is 0.376. The summed E-state index contributed by atoms with van der Waals surface area (Å²) in [5.41, 5.74) is 2.39. The van der Waals surface area contributed by atoms with Gasteiger partial charge in [0.25, 0.3) is 0 Å². The zero-order valence-corrected chi connectivity index (χ0v) is 12.9. The van der Waals surface area contributed by atoms with Crippen molar-refractivity contribution in [2.24, 2.45) is 0 Å². The van der Waals surface area contributed by atoms with E-state index < -0.39 is 0 Å². The van der Waals surface area contributed by atoms with Gasteiger partial charge in [0.15, 0.2) is 0 Å². The Morgan fingerprint density at radius 1 is 1.21 bits per heavy atom. The zero-order valence-electron chi connectivity index (χ0n) is 12.1. The molecule has 1 aliphatic rings. The molecule has 1 aromatic rings. The number of aromatic nitrogens is 2. The van der Waals surface area contributed by atoms with Crippen molar-refractivity contribution in [3.8, 4) is 0 Å². The highest BCUT2D eigenvalue weighted by atomic mass is 35.5. The van der Waals surface area contributed by atoms with E-state index in [-0.39, 0.29) is 0 Å². The van der Waals surface area contributed by atoms with Gasteiger partial charge in [0.2, 0.25) is 5.28 Å². The number of hydrogen-bond acceptors (Lipinski definition) is 4. The molecule has 5 heteroatoms. The van der Waals surface area contributed by atoms with E-state index in [1.54, 1.807) is 0 Å². The standard InChI is InChI=1S/C14H23ClN4/c1-4-7-19(8-5-2)13-11-6-9-18(3)10-12(11)16-14(15)17-13/h4-10H2,1-3H3. The van der Waals surface area contributed by atoms with Crippen LogP contribution >= 0.6 is 11.6 Å². The number of rotatable bonds is 5. The van der Waals surface area contributed by atoms with Crippen LogP contribution in [0.2, 0.25) is 5.28 Å². The first-order valence-corrected chi connectivity index (χ1v) is 7.52. The van der Waals surface area contributed by atoms with Gasteiger partial charge in [-0.25, -0.2) is 9.97 Å². The van der Waals surface area contributed by atoms with Gasteiger partial charge in [0.1, 0.15) is 5.82 Å². The highest BCUT2D eigenvalue weighted by Gasteiger charge is 2.22. The Balaban J connectivity index is 2.38. The molecular formula is C14H23ClN4. The van der Waals surface area contributed by atoms with Gasteiger partial charge < -0.3 is 9.80 Å². The van der Waals surface area contributed by atoms with Gasteiger partial charge in [-0.3, -0.25) is 0 Å². The topological polar surface area (TPSA) is 32.3 Å². The first-order valence-electron chi connectivity index (χ1n) is 7.14. The fourth-order valence-corrected chi connectivity index (χ4v) is 2.82. The van der Waals surface area contributed by atoms with Crippen LogP contribution in [-0.2, 0) is 13.0 Å². The molecule has 0 bridgehead atoms. The summed E-state index contributed by atoms with van der Waals surface area (Å²) in [4.78, 5) is 13.6. The van der Waals surface area contributed by atoms with Crippen molar-refractivity contribution < 1.29 is 0 Å². The summed E-state index contributed by atoms with van der Waals surface area (Å²) in [5.74, 6) is 1.06. The predicted octanol–water partition coefficient (Wildman–Crippen LogP) is 2.74. The van der Waals surface area contributed by atoms with Crippen LogP contribution in [0.3, 0.4) is 0 Å². The Kier molecular flexibility index (Phi) is 4.99. The molecule has 4 nitrogen and oxygen atoms in total. The van der Waals surface area contributed by atoms with E-state index in [1.807, 2.05) is 0 Å². The van der Waals surface area contributed by atoms with Crippen LogP contribution in [0, 0.1) is 0 Å². The van der Waals surface area contributed by atoms with Gasteiger partial charge in [-0.1, -0.05) is 13.8 Å². The SMILES string of the molecule is CCCN(CCC)c1nc(Cl)nc2c1CCN(C)C2. The molecular weight excluding hydrogens is 260 g/mol. The smallest absolute Gasteiger partial charge is 0.224 e. The van der Waals surface area contributed by atoms with Gasteiger partial charge in [0.05, 0.1) is 5.69 Å². The molecule has 2 rings (SSSR count). The average molecular weight is 283 g/mol. The van der Waals surface area contributed by atoms with Crippen LogP contribution in [0.4, 0.5) is 5.82 Å². The summed E-state index contributed by atoms with van der Waals surface area (Å²) >= 11 is 6.11. The lowest BCUT2D eigenvalue weighted by Crippen LogP contribution is -2.32. The summed E-state index contributed by atoms with van der Waals surface area (Å²) in [6, 6.07) is 0. The van der Waals surface area contributed by atoms with Gasteiger partial charge >= 0.3 is 0 Å². The molecule has 2 heterocycles. The Labute approximate surface area is 120 Å². The predicted molar refractivity (Wildman–Crippen MR) is 79.9 cm³/mol. The third kappa shape index (κ3) is 3.37. The molecule has 1 aromatic heterocycles. The van der Waals surface area contributed by atoms with Crippen LogP contribution in [0.15, 0.2) is 0 Å². The number of anilines is 1. The van der Waals surface area contributed by atoms with E-state index in [1.165, 1.54) is 5.56 Å². The van der Waals surface area contributed by atoms with E-state index in [0.717, 1.165) is 57.0 Å². The van der Waals surface area contributed by atoms with Crippen LogP contribution < -0.4 is 4.90 Å². The van der Waals surface area contributed by atoms with Crippen molar-refractivity contribution in [1.29, 1.82) is 0 Å². The highest BCUT2D eigenvalue weighted by molar-refractivity contribution is 6.28. The number of fused-ring (bicyclic) bond motifs is 1. The maximum atomic E-state index is 6.11. The lowest BCUT2D eigenvalue weighted by atomic mass is 10.1. The molecule has 1 aliphatic heterocycles. The quantitative estimate of drug-likeness (QED) is 0.778. The van der Waals surface area contributed by atoms with Gasteiger partial charge in [0, 0.05) is 31.7 Å². The minimum absolute atomic E-state index is 0.376. The summed E-state index contributed by atoms with van der Waals surface area (Å²) in [6.07, 6.45) is 3.26. The second-order valence-electron chi connectivity index (χ2n) is 5.22. The van der Waals surface area contributed by atoms with Crippen molar-refractivity contribution in [3.63, 3.8) is 0 Å². The lowest BCUT2D eigenvalue weighted by Gasteiger charge is -2.30. The van der Waals surface area contributed by atoms with Crippen molar-refractivity contribution in [2.45, 2.75) is 39.7 Å². The van der Waals surface area contributed by atoms with Crippen molar-refractivity contribution in [2.75, 3.05) is 31.6 Å². The summed E-state index contributed by atoms with van der Waals surface area (Å²) in [6.45, 7) is 8.40. The number of nitrogens with zero attached hydrogens (tertiary/aromatic N) is 4. The maximum absolute atomic E-state index is 6.11. The molecule has 19 heavy (non-hydrogen) atoms. The monoisotopic (exact) mass is 282 g/mol. The van der Waals surface area contributed by atoms with Crippen molar-refractivity contribution >= 4 is 17.4 Å². The third-order valence-electron chi connectivity index (χ3n) is 3.49. The molecule has 0 N–H and O–H groups in total. The highest BCUT2D eigenvalue weighted by Crippen LogP contribution is 2.27.